The van der Waals surface area contributed by atoms with Gasteiger partial charge in [0.2, 0.25) is 5.91 Å². The first-order valence-corrected chi connectivity index (χ1v) is 6.32. The number of ether oxygens (including phenoxy) is 1. The highest BCUT2D eigenvalue weighted by Gasteiger charge is 2.03. The average Bonchev–Trinajstić information content (AvgIpc) is 2.45. The summed E-state index contributed by atoms with van der Waals surface area (Å²) in [4.78, 5) is 26.1. The van der Waals surface area contributed by atoms with Gasteiger partial charge < -0.3 is 20.4 Å². The lowest BCUT2D eigenvalue weighted by Gasteiger charge is -2.08. The Labute approximate surface area is 116 Å². The molecule has 0 aliphatic rings. The van der Waals surface area contributed by atoms with E-state index in [-0.39, 0.29) is 18.0 Å². The standard InChI is InChI=1S/C14H17N3O3/c1-20-7-6-15-13(18)9-16-12-8-10-4-2-3-5-11(10)14(19)17-12/h2-5,8H,6-7,9H2,1H3,(H,15,18)(H2,16,17,19). The number of carbonyl (C=O) groups excluding carboxylic acids is 1. The summed E-state index contributed by atoms with van der Waals surface area (Å²) in [7, 11) is 1.57. The zero-order valence-corrected chi connectivity index (χ0v) is 11.2. The average molecular weight is 275 g/mol. The van der Waals surface area contributed by atoms with Gasteiger partial charge in [-0.3, -0.25) is 9.59 Å². The summed E-state index contributed by atoms with van der Waals surface area (Å²) in [5.41, 5.74) is -0.176. The fourth-order valence-corrected chi connectivity index (χ4v) is 1.84. The van der Waals surface area contributed by atoms with Gasteiger partial charge in [0.05, 0.1) is 13.2 Å². The molecule has 2 aromatic rings. The number of methoxy groups -OCH3 is 1. The van der Waals surface area contributed by atoms with Gasteiger partial charge in [0.1, 0.15) is 5.82 Å². The highest BCUT2D eigenvalue weighted by molar-refractivity contribution is 5.85. The number of rotatable bonds is 6. The quantitative estimate of drug-likeness (QED) is 0.678. The lowest BCUT2D eigenvalue weighted by atomic mass is 10.2. The van der Waals surface area contributed by atoms with E-state index in [9.17, 15) is 9.59 Å². The van der Waals surface area contributed by atoms with E-state index in [0.29, 0.717) is 24.4 Å². The predicted octanol–water partition coefficient (Wildman–Crippen LogP) is 0.703. The van der Waals surface area contributed by atoms with E-state index in [1.807, 2.05) is 18.2 Å². The molecule has 3 N–H and O–H groups in total. The number of fused-ring (bicyclic) bond motifs is 1. The van der Waals surface area contributed by atoms with Crippen LogP contribution in [0, 0.1) is 0 Å². The van der Waals surface area contributed by atoms with Crippen molar-refractivity contribution in [3.05, 3.63) is 40.7 Å². The largest absolute Gasteiger partial charge is 0.383 e. The third-order valence-electron chi connectivity index (χ3n) is 2.82. The van der Waals surface area contributed by atoms with Gasteiger partial charge >= 0.3 is 0 Å². The third-order valence-corrected chi connectivity index (χ3v) is 2.82. The maximum Gasteiger partial charge on any atom is 0.257 e. The number of carbonyl (C=O) groups is 1. The van der Waals surface area contributed by atoms with Crippen LogP contribution < -0.4 is 16.2 Å². The molecule has 0 saturated carbocycles. The lowest BCUT2D eigenvalue weighted by molar-refractivity contribution is -0.119. The van der Waals surface area contributed by atoms with Gasteiger partial charge in [0.25, 0.3) is 5.56 Å². The minimum absolute atomic E-state index is 0.0952. The van der Waals surface area contributed by atoms with E-state index in [2.05, 4.69) is 15.6 Å². The molecular weight excluding hydrogens is 258 g/mol. The van der Waals surface area contributed by atoms with Gasteiger partial charge in [-0.1, -0.05) is 18.2 Å². The van der Waals surface area contributed by atoms with Crippen LogP contribution >= 0.6 is 0 Å². The smallest absolute Gasteiger partial charge is 0.257 e. The first kappa shape index (κ1) is 14.1. The van der Waals surface area contributed by atoms with Crippen LogP contribution in [0.3, 0.4) is 0 Å². The summed E-state index contributed by atoms with van der Waals surface area (Å²) in [6.07, 6.45) is 0. The van der Waals surface area contributed by atoms with E-state index in [4.69, 9.17) is 4.74 Å². The van der Waals surface area contributed by atoms with E-state index in [0.717, 1.165) is 5.39 Å². The molecule has 0 aliphatic carbocycles. The van der Waals surface area contributed by atoms with E-state index in [1.165, 1.54) is 0 Å². The van der Waals surface area contributed by atoms with Crippen LogP contribution in [0.5, 0.6) is 0 Å². The molecule has 20 heavy (non-hydrogen) atoms. The van der Waals surface area contributed by atoms with Crippen molar-refractivity contribution >= 4 is 22.5 Å². The predicted molar refractivity (Wildman–Crippen MR) is 77.9 cm³/mol. The van der Waals surface area contributed by atoms with Crippen molar-refractivity contribution in [2.75, 3.05) is 32.1 Å². The monoisotopic (exact) mass is 275 g/mol. The van der Waals surface area contributed by atoms with Crippen molar-refractivity contribution in [2.45, 2.75) is 0 Å². The first-order chi connectivity index (χ1) is 9.70. The molecule has 0 atom stereocenters. The second-order valence-corrected chi connectivity index (χ2v) is 4.30. The Kier molecular flexibility index (Phi) is 4.73. The van der Waals surface area contributed by atoms with E-state index < -0.39 is 0 Å². The normalized spacial score (nSPS) is 10.4. The number of aromatic nitrogens is 1. The summed E-state index contributed by atoms with van der Waals surface area (Å²) in [6, 6.07) is 9.10. The van der Waals surface area contributed by atoms with Gasteiger partial charge in [-0.05, 0) is 17.5 Å². The Bertz CT molecular complexity index is 651. The van der Waals surface area contributed by atoms with Crippen LogP contribution in [0.2, 0.25) is 0 Å². The number of benzene rings is 1. The number of hydrogen-bond donors (Lipinski definition) is 3. The molecule has 2 rings (SSSR count). The summed E-state index contributed by atoms with van der Waals surface area (Å²) < 4.78 is 4.84. The first-order valence-electron chi connectivity index (χ1n) is 6.32. The molecule has 0 saturated heterocycles. The van der Waals surface area contributed by atoms with Crippen molar-refractivity contribution in [2.24, 2.45) is 0 Å². The Morgan fingerprint density at radius 1 is 1.35 bits per heavy atom. The zero-order valence-electron chi connectivity index (χ0n) is 11.2. The molecule has 6 nitrogen and oxygen atoms in total. The van der Waals surface area contributed by atoms with Crippen LogP contribution in [0.25, 0.3) is 10.8 Å². The van der Waals surface area contributed by atoms with Gasteiger partial charge in [-0.15, -0.1) is 0 Å². The molecule has 0 radical (unpaired) electrons. The number of pyridine rings is 1. The summed E-state index contributed by atoms with van der Waals surface area (Å²) >= 11 is 0. The molecule has 0 fully saturated rings. The Morgan fingerprint density at radius 2 is 2.15 bits per heavy atom. The maximum atomic E-state index is 11.8. The van der Waals surface area contributed by atoms with Crippen molar-refractivity contribution in [3.8, 4) is 0 Å². The molecule has 0 unspecified atom stereocenters. The van der Waals surface area contributed by atoms with Gasteiger partial charge in [-0.25, -0.2) is 0 Å². The molecule has 106 valence electrons. The second-order valence-electron chi connectivity index (χ2n) is 4.30. The molecule has 1 aromatic heterocycles. The van der Waals surface area contributed by atoms with Crippen LogP contribution in [0.4, 0.5) is 5.82 Å². The van der Waals surface area contributed by atoms with Crippen LogP contribution in [-0.4, -0.2) is 37.7 Å². The Hall–Kier alpha value is -2.34. The summed E-state index contributed by atoms with van der Waals surface area (Å²) in [6.45, 7) is 1.03. The van der Waals surface area contributed by atoms with E-state index in [1.54, 1.807) is 19.2 Å². The van der Waals surface area contributed by atoms with Crippen molar-refractivity contribution in [1.82, 2.24) is 10.3 Å². The number of aromatic amines is 1. The topological polar surface area (TPSA) is 83.2 Å². The van der Waals surface area contributed by atoms with Crippen LogP contribution in [0.1, 0.15) is 0 Å². The zero-order chi connectivity index (χ0) is 14.4. The lowest BCUT2D eigenvalue weighted by Crippen LogP contribution is -2.32. The Balaban J connectivity index is 2.00. The van der Waals surface area contributed by atoms with Gasteiger partial charge in [0.15, 0.2) is 0 Å². The number of amides is 1. The molecule has 0 bridgehead atoms. The van der Waals surface area contributed by atoms with Crippen LogP contribution in [-0.2, 0) is 9.53 Å². The number of nitrogens with one attached hydrogen (secondary N) is 3. The van der Waals surface area contributed by atoms with E-state index >= 15 is 0 Å². The molecule has 6 heteroatoms. The third kappa shape index (κ3) is 3.58. The van der Waals surface area contributed by atoms with Crippen molar-refractivity contribution in [3.63, 3.8) is 0 Å². The van der Waals surface area contributed by atoms with Crippen molar-refractivity contribution in [1.29, 1.82) is 0 Å². The number of anilines is 1. The number of H-pyrrole nitrogens is 1. The fourth-order valence-electron chi connectivity index (χ4n) is 1.84. The summed E-state index contributed by atoms with van der Waals surface area (Å²) in [5, 5.41) is 7.04. The minimum atomic E-state index is -0.176. The fraction of sp³-hybridized carbons (Fsp3) is 0.286. The second kappa shape index (κ2) is 6.72. The molecule has 0 aliphatic heterocycles. The Morgan fingerprint density at radius 3 is 2.95 bits per heavy atom. The SMILES string of the molecule is COCCNC(=O)CNc1cc2ccccc2c(=O)[nH]1. The van der Waals surface area contributed by atoms with Gasteiger partial charge in [0, 0.05) is 19.0 Å². The number of hydrogen-bond acceptors (Lipinski definition) is 4. The van der Waals surface area contributed by atoms with Crippen molar-refractivity contribution < 1.29 is 9.53 Å². The highest BCUT2D eigenvalue weighted by atomic mass is 16.5. The molecule has 1 heterocycles. The molecule has 1 amide bonds. The molecule has 1 aromatic carbocycles. The van der Waals surface area contributed by atoms with Crippen LogP contribution in [0.15, 0.2) is 35.1 Å². The minimum Gasteiger partial charge on any atom is -0.383 e. The molecular formula is C14H17N3O3. The maximum absolute atomic E-state index is 11.8. The summed E-state index contributed by atoms with van der Waals surface area (Å²) in [5.74, 6) is 0.367. The van der Waals surface area contributed by atoms with Gasteiger partial charge in [-0.2, -0.15) is 0 Å². The molecule has 0 spiro atoms. The highest BCUT2D eigenvalue weighted by Crippen LogP contribution is 2.12.